The minimum absolute atomic E-state index is 0.153. The summed E-state index contributed by atoms with van der Waals surface area (Å²) < 4.78 is 27.2. The largest absolute Gasteiger partial charge is 0.490 e. The van der Waals surface area contributed by atoms with Crippen LogP contribution in [-0.4, -0.2) is 46.9 Å². The Hall–Kier alpha value is -2.67. The number of nitrogens with zero attached hydrogens (tertiary/aromatic N) is 4. The molecule has 1 aromatic carbocycles. The predicted octanol–water partition coefficient (Wildman–Crippen LogP) is 3.58. The standard InChI is InChI=1S/C21H23FN4O2/c22-15-12-23-21(24-13-15)25-8-4-17(5-9-25)28-20-3-1-2-19-18(20)6-10-26(19)16-7-11-27-14-16/h1-3,6,10,12-13,16-17H,4-5,7-9,11,14H2. The summed E-state index contributed by atoms with van der Waals surface area (Å²) in [6.07, 6.45) is 7.55. The normalized spacial score (nSPS) is 20.8. The molecule has 2 saturated heterocycles. The molecule has 0 amide bonds. The third-order valence-electron chi connectivity index (χ3n) is 5.65. The van der Waals surface area contributed by atoms with E-state index in [0.29, 0.717) is 12.0 Å². The summed E-state index contributed by atoms with van der Waals surface area (Å²) in [7, 11) is 0. The van der Waals surface area contributed by atoms with Gasteiger partial charge in [0.05, 0.1) is 30.6 Å². The monoisotopic (exact) mass is 382 g/mol. The average molecular weight is 382 g/mol. The topological polar surface area (TPSA) is 52.4 Å². The molecule has 0 saturated carbocycles. The van der Waals surface area contributed by atoms with Crippen molar-refractivity contribution in [3.63, 3.8) is 0 Å². The maximum atomic E-state index is 13.0. The van der Waals surface area contributed by atoms with Crippen LogP contribution in [0.3, 0.4) is 0 Å². The number of piperidine rings is 1. The van der Waals surface area contributed by atoms with E-state index in [1.54, 1.807) is 0 Å². The second-order valence-electron chi connectivity index (χ2n) is 7.43. The summed E-state index contributed by atoms with van der Waals surface area (Å²) in [4.78, 5) is 10.2. The second-order valence-corrected chi connectivity index (χ2v) is 7.43. The minimum Gasteiger partial charge on any atom is -0.490 e. The first-order valence-corrected chi connectivity index (χ1v) is 9.84. The highest BCUT2D eigenvalue weighted by molar-refractivity contribution is 5.86. The number of anilines is 1. The number of benzene rings is 1. The van der Waals surface area contributed by atoms with Crippen LogP contribution in [0, 0.1) is 5.82 Å². The molecule has 4 heterocycles. The molecule has 2 fully saturated rings. The lowest BCUT2D eigenvalue weighted by Crippen LogP contribution is -2.39. The molecule has 6 nitrogen and oxygen atoms in total. The third-order valence-corrected chi connectivity index (χ3v) is 5.65. The lowest BCUT2D eigenvalue weighted by atomic mass is 10.1. The molecule has 2 aliphatic heterocycles. The Morgan fingerprint density at radius 3 is 2.64 bits per heavy atom. The van der Waals surface area contributed by atoms with Gasteiger partial charge in [-0.05, 0) is 24.6 Å². The molecule has 3 aromatic rings. The van der Waals surface area contributed by atoms with Crippen molar-refractivity contribution in [3.8, 4) is 5.75 Å². The van der Waals surface area contributed by atoms with E-state index in [1.165, 1.54) is 17.9 Å². The van der Waals surface area contributed by atoms with Crippen molar-refractivity contribution in [2.75, 3.05) is 31.2 Å². The van der Waals surface area contributed by atoms with E-state index in [0.717, 1.165) is 56.7 Å². The Morgan fingerprint density at radius 2 is 1.89 bits per heavy atom. The number of hydrogen-bond donors (Lipinski definition) is 0. The molecule has 146 valence electrons. The van der Waals surface area contributed by atoms with E-state index in [9.17, 15) is 4.39 Å². The summed E-state index contributed by atoms with van der Waals surface area (Å²) in [5, 5.41) is 1.15. The van der Waals surface area contributed by atoms with Gasteiger partial charge in [0, 0.05) is 44.1 Å². The molecule has 2 aromatic heterocycles. The molecule has 1 atom stereocenters. The van der Waals surface area contributed by atoms with Crippen LogP contribution in [0.4, 0.5) is 10.3 Å². The van der Waals surface area contributed by atoms with E-state index in [4.69, 9.17) is 9.47 Å². The molecule has 2 aliphatic rings. The van der Waals surface area contributed by atoms with E-state index in [-0.39, 0.29) is 6.10 Å². The number of ether oxygens (including phenoxy) is 2. The average Bonchev–Trinajstić information content (AvgIpc) is 3.39. The summed E-state index contributed by atoms with van der Waals surface area (Å²) in [6.45, 7) is 3.20. The Labute approximate surface area is 162 Å². The number of hydrogen-bond acceptors (Lipinski definition) is 5. The molecular formula is C21H23FN4O2. The Kier molecular flexibility index (Phi) is 4.60. The van der Waals surface area contributed by atoms with E-state index < -0.39 is 5.82 Å². The van der Waals surface area contributed by atoms with Gasteiger partial charge in [0.15, 0.2) is 5.82 Å². The van der Waals surface area contributed by atoms with Gasteiger partial charge < -0.3 is 18.9 Å². The zero-order valence-electron chi connectivity index (χ0n) is 15.6. The van der Waals surface area contributed by atoms with Crippen LogP contribution in [-0.2, 0) is 4.74 Å². The minimum atomic E-state index is -0.411. The van der Waals surface area contributed by atoms with E-state index in [2.05, 4.69) is 43.8 Å². The smallest absolute Gasteiger partial charge is 0.225 e. The second kappa shape index (κ2) is 7.39. The lowest BCUT2D eigenvalue weighted by Gasteiger charge is -2.32. The molecule has 0 bridgehead atoms. The van der Waals surface area contributed by atoms with Gasteiger partial charge in [-0.3, -0.25) is 0 Å². The van der Waals surface area contributed by atoms with Crippen LogP contribution in [0.25, 0.3) is 10.9 Å². The van der Waals surface area contributed by atoms with E-state index >= 15 is 0 Å². The molecule has 1 unspecified atom stereocenters. The molecular weight excluding hydrogens is 359 g/mol. The fourth-order valence-electron chi connectivity index (χ4n) is 4.14. The first kappa shape index (κ1) is 17.4. The maximum Gasteiger partial charge on any atom is 0.225 e. The van der Waals surface area contributed by atoms with Crippen LogP contribution in [0.5, 0.6) is 5.75 Å². The Morgan fingerprint density at radius 1 is 1.07 bits per heavy atom. The van der Waals surface area contributed by atoms with Gasteiger partial charge >= 0.3 is 0 Å². The van der Waals surface area contributed by atoms with Crippen LogP contribution >= 0.6 is 0 Å². The van der Waals surface area contributed by atoms with Gasteiger partial charge in [-0.15, -0.1) is 0 Å². The first-order valence-electron chi connectivity index (χ1n) is 9.84. The molecule has 0 N–H and O–H groups in total. The fraction of sp³-hybridized carbons (Fsp3) is 0.429. The molecule has 7 heteroatoms. The molecule has 5 rings (SSSR count). The number of aromatic nitrogens is 3. The summed E-state index contributed by atoms with van der Waals surface area (Å²) in [6, 6.07) is 8.81. The van der Waals surface area contributed by atoms with Gasteiger partial charge in [-0.25, -0.2) is 14.4 Å². The predicted molar refractivity (Wildman–Crippen MR) is 104 cm³/mol. The van der Waals surface area contributed by atoms with Gasteiger partial charge in [-0.2, -0.15) is 0 Å². The molecule has 0 spiro atoms. The van der Waals surface area contributed by atoms with Gasteiger partial charge in [0.1, 0.15) is 11.9 Å². The highest BCUT2D eigenvalue weighted by Crippen LogP contribution is 2.32. The van der Waals surface area contributed by atoms with Crippen molar-refractivity contribution < 1.29 is 13.9 Å². The lowest BCUT2D eigenvalue weighted by molar-refractivity contribution is 0.172. The summed E-state index contributed by atoms with van der Waals surface area (Å²) >= 11 is 0. The molecule has 0 radical (unpaired) electrons. The SMILES string of the molecule is Fc1cnc(N2CCC(Oc3cccc4c3ccn4C3CCOC3)CC2)nc1. The Balaban J connectivity index is 1.28. The maximum absolute atomic E-state index is 13.0. The molecule has 28 heavy (non-hydrogen) atoms. The van der Waals surface area contributed by atoms with Crippen LogP contribution < -0.4 is 9.64 Å². The number of rotatable bonds is 4. The van der Waals surface area contributed by atoms with Gasteiger partial charge in [0.25, 0.3) is 0 Å². The molecule has 0 aliphatic carbocycles. The third kappa shape index (κ3) is 3.30. The highest BCUT2D eigenvalue weighted by atomic mass is 19.1. The van der Waals surface area contributed by atoms with Crippen molar-refractivity contribution >= 4 is 16.9 Å². The summed E-state index contributed by atoms with van der Waals surface area (Å²) in [5.74, 6) is 1.11. The van der Waals surface area contributed by atoms with Crippen molar-refractivity contribution in [1.29, 1.82) is 0 Å². The summed E-state index contributed by atoms with van der Waals surface area (Å²) in [5.41, 5.74) is 1.20. The van der Waals surface area contributed by atoms with Gasteiger partial charge in [0.2, 0.25) is 5.95 Å². The Bertz CT molecular complexity index is 945. The number of halogens is 1. The zero-order valence-corrected chi connectivity index (χ0v) is 15.6. The van der Waals surface area contributed by atoms with Crippen molar-refractivity contribution in [1.82, 2.24) is 14.5 Å². The number of fused-ring (bicyclic) bond motifs is 1. The van der Waals surface area contributed by atoms with Crippen molar-refractivity contribution in [3.05, 3.63) is 48.7 Å². The van der Waals surface area contributed by atoms with Crippen molar-refractivity contribution in [2.24, 2.45) is 0 Å². The zero-order chi connectivity index (χ0) is 18.9. The quantitative estimate of drug-likeness (QED) is 0.690. The van der Waals surface area contributed by atoms with E-state index in [1.807, 2.05) is 6.07 Å². The van der Waals surface area contributed by atoms with Crippen molar-refractivity contribution in [2.45, 2.75) is 31.4 Å². The first-order chi connectivity index (χ1) is 13.8. The highest BCUT2D eigenvalue weighted by Gasteiger charge is 2.24. The van der Waals surface area contributed by atoms with Crippen LogP contribution in [0.1, 0.15) is 25.3 Å². The van der Waals surface area contributed by atoms with Gasteiger partial charge in [-0.1, -0.05) is 6.07 Å². The fourth-order valence-corrected chi connectivity index (χ4v) is 4.14. The van der Waals surface area contributed by atoms with Crippen LogP contribution in [0.15, 0.2) is 42.9 Å². The van der Waals surface area contributed by atoms with Crippen LogP contribution in [0.2, 0.25) is 0 Å².